The van der Waals surface area contributed by atoms with Gasteiger partial charge in [0, 0.05) is 12.4 Å². The van der Waals surface area contributed by atoms with Crippen molar-refractivity contribution in [2.24, 2.45) is 0 Å². The van der Waals surface area contributed by atoms with Crippen LogP contribution in [0.15, 0.2) is 24.5 Å². The smallest absolute Gasteiger partial charge is 0.269 e. The molecule has 1 amide bonds. The van der Waals surface area contributed by atoms with E-state index in [9.17, 15) is 18.0 Å². The minimum Gasteiger partial charge on any atom is -0.269 e. The van der Waals surface area contributed by atoms with Crippen LogP contribution in [0.4, 0.5) is 13.2 Å². The summed E-state index contributed by atoms with van der Waals surface area (Å²) in [5.74, 6) is -1.21. The highest BCUT2D eigenvalue weighted by Crippen LogP contribution is 2.10. The molecule has 1 aromatic heterocycles. The van der Waals surface area contributed by atoms with Gasteiger partial charge < -0.3 is 0 Å². The standard InChI is InChI=1S/C7H5F3N2O.ClH/c8-7(9,10)12-6(13)5-2-1-3-11-4-5;/h1-4H,(H,12,13);1H. The van der Waals surface area contributed by atoms with Crippen molar-refractivity contribution in [1.82, 2.24) is 10.3 Å². The van der Waals surface area contributed by atoms with Gasteiger partial charge in [-0.05, 0) is 12.1 Å². The summed E-state index contributed by atoms with van der Waals surface area (Å²) in [4.78, 5) is 14.3. The highest BCUT2D eigenvalue weighted by molar-refractivity contribution is 5.93. The fraction of sp³-hybridized carbons (Fsp3) is 0.143. The van der Waals surface area contributed by atoms with Gasteiger partial charge in [-0.1, -0.05) is 0 Å². The molecule has 0 saturated heterocycles. The number of aromatic nitrogens is 1. The van der Waals surface area contributed by atoms with Crippen molar-refractivity contribution in [3.63, 3.8) is 0 Å². The van der Waals surface area contributed by atoms with Crippen LogP contribution in [0, 0.1) is 0 Å². The zero-order valence-electron chi connectivity index (χ0n) is 6.71. The van der Waals surface area contributed by atoms with Crippen molar-refractivity contribution in [1.29, 1.82) is 0 Å². The van der Waals surface area contributed by atoms with Gasteiger partial charge in [0.25, 0.3) is 5.91 Å². The first-order valence-corrected chi connectivity index (χ1v) is 3.28. The maximum absolute atomic E-state index is 11.6. The number of amides is 1. The minimum absolute atomic E-state index is 0. The predicted octanol–water partition coefficient (Wildman–Crippen LogP) is 1.75. The quantitative estimate of drug-likeness (QED) is 0.742. The molecule has 3 nitrogen and oxygen atoms in total. The van der Waals surface area contributed by atoms with Crippen LogP contribution in [0.5, 0.6) is 0 Å². The molecule has 0 aliphatic rings. The van der Waals surface area contributed by atoms with Crippen LogP contribution < -0.4 is 5.32 Å². The third kappa shape index (κ3) is 4.08. The lowest BCUT2D eigenvalue weighted by Crippen LogP contribution is -2.37. The third-order valence-corrected chi connectivity index (χ3v) is 1.18. The molecule has 1 N–H and O–H groups in total. The Morgan fingerprint density at radius 1 is 1.43 bits per heavy atom. The van der Waals surface area contributed by atoms with Crippen LogP contribution in [0.1, 0.15) is 10.4 Å². The Balaban J connectivity index is 0.00000169. The zero-order valence-corrected chi connectivity index (χ0v) is 7.52. The van der Waals surface area contributed by atoms with E-state index < -0.39 is 12.2 Å². The summed E-state index contributed by atoms with van der Waals surface area (Å²) in [7, 11) is 0. The number of hydrogen-bond donors (Lipinski definition) is 1. The number of carbonyl (C=O) groups is 1. The van der Waals surface area contributed by atoms with E-state index in [1.807, 2.05) is 0 Å². The molecule has 1 heterocycles. The first-order chi connectivity index (χ1) is 5.99. The van der Waals surface area contributed by atoms with Gasteiger partial charge in [-0.15, -0.1) is 12.4 Å². The lowest BCUT2D eigenvalue weighted by Gasteiger charge is -2.07. The fourth-order valence-electron chi connectivity index (χ4n) is 0.698. The van der Waals surface area contributed by atoms with Crippen LogP contribution in [0.25, 0.3) is 0 Å². The second-order valence-electron chi connectivity index (χ2n) is 2.19. The molecule has 0 aliphatic carbocycles. The lowest BCUT2D eigenvalue weighted by molar-refractivity contribution is -0.146. The lowest BCUT2D eigenvalue weighted by atomic mass is 10.3. The Morgan fingerprint density at radius 2 is 2.07 bits per heavy atom. The summed E-state index contributed by atoms with van der Waals surface area (Å²) >= 11 is 0. The molecular formula is C7H6ClF3N2O. The number of halogens is 4. The monoisotopic (exact) mass is 226 g/mol. The first-order valence-electron chi connectivity index (χ1n) is 3.28. The Kier molecular flexibility index (Phi) is 4.36. The molecule has 0 saturated carbocycles. The molecule has 0 unspecified atom stereocenters. The third-order valence-electron chi connectivity index (χ3n) is 1.18. The number of nitrogens with zero attached hydrogens (tertiary/aromatic N) is 1. The Hall–Kier alpha value is -1.30. The molecule has 0 radical (unpaired) electrons. The number of rotatable bonds is 1. The van der Waals surface area contributed by atoms with Gasteiger partial charge in [-0.3, -0.25) is 15.1 Å². The van der Waals surface area contributed by atoms with E-state index in [1.54, 1.807) is 0 Å². The van der Waals surface area contributed by atoms with E-state index >= 15 is 0 Å². The molecule has 0 aliphatic heterocycles. The number of alkyl halides is 3. The first kappa shape index (κ1) is 12.7. The van der Waals surface area contributed by atoms with E-state index in [-0.39, 0.29) is 18.0 Å². The van der Waals surface area contributed by atoms with Crippen LogP contribution in [-0.2, 0) is 0 Å². The van der Waals surface area contributed by atoms with Crippen molar-refractivity contribution in [2.45, 2.75) is 6.30 Å². The molecule has 1 aromatic rings. The van der Waals surface area contributed by atoms with Crippen molar-refractivity contribution in [3.05, 3.63) is 30.1 Å². The maximum atomic E-state index is 11.6. The zero-order chi connectivity index (χ0) is 9.90. The van der Waals surface area contributed by atoms with Crippen LogP contribution >= 0.6 is 12.4 Å². The minimum atomic E-state index is -4.70. The van der Waals surface area contributed by atoms with Crippen LogP contribution in [-0.4, -0.2) is 17.2 Å². The highest BCUT2D eigenvalue weighted by atomic mass is 35.5. The largest absolute Gasteiger partial charge is 0.484 e. The number of pyridine rings is 1. The Bertz CT molecular complexity index is 302. The van der Waals surface area contributed by atoms with Crippen molar-refractivity contribution in [2.75, 3.05) is 0 Å². The summed E-state index contributed by atoms with van der Waals surface area (Å²) in [5.41, 5.74) is -0.125. The van der Waals surface area contributed by atoms with E-state index in [4.69, 9.17) is 0 Å². The molecule has 14 heavy (non-hydrogen) atoms. The van der Waals surface area contributed by atoms with Gasteiger partial charge in [0.2, 0.25) is 0 Å². The van der Waals surface area contributed by atoms with Gasteiger partial charge in [0.1, 0.15) is 0 Å². The second-order valence-corrected chi connectivity index (χ2v) is 2.19. The van der Waals surface area contributed by atoms with Crippen molar-refractivity contribution < 1.29 is 18.0 Å². The molecule has 0 fully saturated rings. The van der Waals surface area contributed by atoms with E-state index in [2.05, 4.69) is 4.98 Å². The average molecular weight is 227 g/mol. The summed E-state index contributed by atoms with van der Waals surface area (Å²) in [6.07, 6.45) is -2.28. The van der Waals surface area contributed by atoms with Crippen LogP contribution in [0.2, 0.25) is 0 Å². The summed E-state index contributed by atoms with van der Waals surface area (Å²) in [6.45, 7) is 0. The molecule has 0 atom stereocenters. The summed E-state index contributed by atoms with van der Waals surface area (Å²) in [5, 5.41) is 0.856. The number of carbonyl (C=O) groups excluding carboxylic acids is 1. The van der Waals surface area contributed by atoms with E-state index in [1.165, 1.54) is 18.3 Å². The fourth-order valence-corrected chi connectivity index (χ4v) is 0.698. The molecule has 7 heteroatoms. The van der Waals surface area contributed by atoms with Gasteiger partial charge in [0.15, 0.2) is 0 Å². The second kappa shape index (κ2) is 4.80. The van der Waals surface area contributed by atoms with E-state index in [0.29, 0.717) is 0 Å². The summed E-state index contributed by atoms with van der Waals surface area (Å²) < 4.78 is 34.9. The van der Waals surface area contributed by atoms with Gasteiger partial charge in [-0.25, -0.2) is 0 Å². The van der Waals surface area contributed by atoms with Gasteiger partial charge in [-0.2, -0.15) is 13.2 Å². The summed E-state index contributed by atoms with van der Waals surface area (Å²) in [6, 6.07) is 2.62. The molecule has 1 rings (SSSR count). The Morgan fingerprint density at radius 3 is 2.50 bits per heavy atom. The molecule has 0 spiro atoms. The molecule has 0 aromatic carbocycles. The van der Waals surface area contributed by atoms with Crippen molar-refractivity contribution >= 4 is 18.3 Å². The van der Waals surface area contributed by atoms with Crippen LogP contribution in [0.3, 0.4) is 0 Å². The topological polar surface area (TPSA) is 42.0 Å². The van der Waals surface area contributed by atoms with Gasteiger partial charge in [0.05, 0.1) is 5.56 Å². The maximum Gasteiger partial charge on any atom is 0.484 e. The van der Waals surface area contributed by atoms with Gasteiger partial charge >= 0.3 is 6.30 Å². The highest BCUT2D eigenvalue weighted by Gasteiger charge is 2.30. The SMILES string of the molecule is Cl.O=C(NC(F)(F)F)c1cccnc1. The van der Waals surface area contributed by atoms with Crippen molar-refractivity contribution in [3.8, 4) is 0 Å². The molecule has 0 bridgehead atoms. The average Bonchev–Trinajstić information content (AvgIpc) is 2.03. The normalized spacial score (nSPS) is 10.2. The molecule has 78 valence electrons. The Labute approximate surface area is 83.7 Å². The van der Waals surface area contributed by atoms with E-state index in [0.717, 1.165) is 11.5 Å². The predicted molar refractivity (Wildman–Crippen MR) is 45.0 cm³/mol. The number of nitrogens with one attached hydrogen (secondary N) is 1. The number of hydrogen-bond acceptors (Lipinski definition) is 2. The molecular weight excluding hydrogens is 221 g/mol.